The molecular weight excluding hydrogens is 254 g/mol. The molecule has 1 N–H and O–H groups in total. The molecule has 0 radical (unpaired) electrons. The van der Waals surface area contributed by atoms with Crippen LogP contribution in [0.3, 0.4) is 0 Å². The van der Waals surface area contributed by atoms with Crippen LogP contribution in [0, 0.1) is 0 Å². The van der Waals surface area contributed by atoms with Crippen LogP contribution in [0.5, 0.6) is 0 Å². The predicted octanol–water partition coefficient (Wildman–Crippen LogP) is 3.73. The van der Waals surface area contributed by atoms with Crippen LogP contribution in [-0.4, -0.2) is 23.7 Å². The lowest BCUT2D eigenvalue weighted by Crippen LogP contribution is -1.93. The van der Waals surface area contributed by atoms with Crippen molar-refractivity contribution in [2.75, 3.05) is 6.54 Å². The first kappa shape index (κ1) is 19.5. The van der Waals surface area contributed by atoms with Gasteiger partial charge in [0.2, 0.25) is 6.08 Å². The van der Waals surface area contributed by atoms with E-state index in [0.717, 1.165) is 32.1 Å². The molecule has 5 heteroatoms. The summed E-state index contributed by atoms with van der Waals surface area (Å²) < 4.78 is 0. The van der Waals surface area contributed by atoms with Gasteiger partial charge in [-0.15, -0.1) is 12.4 Å². The standard InChI is InChI=1S/C13H23NO3.ClH/c15-12-14-11-9-7-5-3-1-2-4-6-8-10-13(16)17;/h1-11H2,(H,16,17);1H. The highest BCUT2D eigenvalue weighted by molar-refractivity contribution is 5.85. The van der Waals surface area contributed by atoms with E-state index in [2.05, 4.69) is 4.99 Å². The smallest absolute Gasteiger partial charge is 0.303 e. The van der Waals surface area contributed by atoms with E-state index in [-0.39, 0.29) is 12.4 Å². The molecule has 106 valence electrons. The number of nitrogens with zero attached hydrogens (tertiary/aromatic N) is 1. The molecule has 0 unspecified atom stereocenters. The van der Waals surface area contributed by atoms with Crippen LogP contribution in [-0.2, 0) is 9.59 Å². The lowest BCUT2D eigenvalue weighted by Gasteiger charge is -2.00. The second-order valence-electron chi connectivity index (χ2n) is 4.30. The van der Waals surface area contributed by atoms with Crippen molar-refractivity contribution in [3.63, 3.8) is 0 Å². The fourth-order valence-corrected chi connectivity index (χ4v) is 1.75. The Bertz CT molecular complexity index is 230. The van der Waals surface area contributed by atoms with Crippen LogP contribution in [0.15, 0.2) is 4.99 Å². The largest absolute Gasteiger partial charge is 0.481 e. The average Bonchev–Trinajstić information content (AvgIpc) is 2.30. The normalized spacial score (nSPS) is 9.33. The Labute approximate surface area is 115 Å². The third-order valence-corrected chi connectivity index (χ3v) is 2.73. The molecule has 0 heterocycles. The minimum absolute atomic E-state index is 0. The molecule has 0 atom stereocenters. The van der Waals surface area contributed by atoms with Crippen molar-refractivity contribution in [2.24, 2.45) is 4.99 Å². The quantitative estimate of drug-likeness (QED) is 0.336. The lowest BCUT2D eigenvalue weighted by atomic mass is 10.1. The summed E-state index contributed by atoms with van der Waals surface area (Å²) >= 11 is 0. The van der Waals surface area contributed by atoms with Crippen LogP contribution in [0.4, 0.5) is 0 Å². The molecule has 0 aliphatic heterocycles. The lowest BCUT2D eigenvalue weighted by molar-refractivity contribution is -0.137. The number of carboxylic acid groups (broad SMARTS) is 1. The van der Waals surface area contributed by atoms with Gasteiger partial charge in [-0.1, -0.05) is 44.9 Å². The Kier molecular flexibility index (Phi) is 17.5. The van der Waals surface area contributed by atoms with E-state index in [1.165, 1.54) is 31.8 Å². The van der Waals surface area contributed by atoms with E-state index in [1.54, 1.807) is 0 Å². The zero-order chi connectivity index (χ0) is 12.8. The highest BCUT2D eigenvalue weighted by Gasteiger charge is 1.96. The van der Waals surface area contributed by atoms with Gasteiger partial charge >= 0.3 is 5.97 Å². The van der Waals surface area contributed by atoms with Gasteiger partial charge in [-0.05, 0) is 12.8 Å². The van der Waals surface area contributed by atoms with Crippen molar-refractivity contribution >= 4 is 24.5 Å². The molecule has 0 saturated carbocycles. The van der Waals surface area contributed by atoms with Crippen LogP contribution in [0.2, 0.25) is 0 Å². The minimum Gasteiger partial charge on any atom is -0.481 e. The van der Waals surface area contributed by atoms with Crippen molar-refractivity contribution in [3.05, 3.63) is 0 Å². The summed E-state index contributed by atoms with van der Waals surface area (Å²) in [4.78, 5) is 23.5. The molecule has 0 saturated heterocycles. The van der Waals surface area contributed by atoms with Crippen molar-refractivity contribution in [3.8, 4) is 0 Å². The summed E-state index contributed by atoms with van der Waals surface area (Å²) in [6.07, 6.45) is 11.8. The third-order valence-electron chi connectivity index (χ3n) is 2.73. The summed E-state index contributed by atoms with van der Waals surface area (Å²) in [5.74, 6) is -0.692. The van der Waals surface area contributed by atoms with E-state index in [4.69, 9.17) is 5.11 Å². The van der Waals surface area contributed by atoms with E-state index in [9.17, 15) is 9.59 Å². The number of rotatable bonds is 12. The molecule has 0 spiro atoms. The van der Waals surface area contributed by atoms with E-state index in [1.807, 2.05) is 0 Å². The Morgan fingerprint density at radius 1 is 0.889 bits per heavy atom. The Balaban J connectivity index is 0. The van der Waals surface area contributed by atoms with Crippen molar-refractivity contribution < 1.29 is 14.7 Å². The van der Waals surface area contributed by atoms with Gasteiger partial charge in [0.05, 0.1) is 6.54 Å². The highest BCUT2D eigenvalue weighted by atomic mass is 35.5. The second-order valence-corrected chi connectivity index (χ2v) is 4.30. The molecular formula is C13H24ClNO3. The van der Waals surface area contributed by atoms with Crippen molar-refractivity contribution in [1.82, 2.24) is 0 Å². The van der Waals surface area contributed by atoms with Crippen LogP contribution >= 0.6 is 12.4 Å². The van der Waals surface area contributed by atoms with Gasteiger partial charge in [0, 0.05) is 6.42 Å². The summed E-state index contributed by atoms with van der Waals surface area (Å²) in [6.45, 7) is 0.610. The number of hydrogen-bond acceptors (Lipinski definition) is 3. The fraction of sp³-hybridized carbons (Fsp3) is 0.846. The molecule has 18 heavy (non-hydrogen) atoms. The molecule has 0 aromatic heterocycles. The number of aliphatic carboxylic acids is 1. The van der Waals surface area contributed by atoms with Gasteiger partial charge in [0.25, 0.3) is 0 Å². The maximum absolute atomic E-state index is 10.2. The first-order valence-corrected chi connectivity index (χ1v) is 6.53. The number of hydrogen-bond donors (Lipinski definition) is 1. The fourth-order valence-electron chi connectivity index (χ4n) is 1.75. The minimum atomic E-state index is -0.692. The molecule has 0 aliphatic rings. The number of aliphatic imine (C=N–C) groups is 1. The Morgan fingerprint density at radius 3 is 1.78 bits per heavy atom. The van der Waals surface area contributed by atoms with Crippen molar-refractivity contribution in [1.29, 1.82) is 0 Å². The van der Waals surface area contributed by atoms with Gasteiger partial charge in [-0.25, -0.2) is 9.79 Å². The van der Waals surface area contributed by atoms with E-state index in [0.29, 0.717) is 13.0 Å². The maximum Gasteiger partial charge on any atom is 0.303 e. The van der Waals surface area contributed by atoms with Crippen LogP contribution in [0.1, 0.15) is 64.2 Å². The predicted molar refractivity (Wildman–Crippen MR) is 74.0 cm³/mol. The molecule has 4 nitrogen and oxygen atoms in total. The highest BCUT2D eigenvalue weighted by Crippen LogP contribution is 2.10. The number of carbonyl (C=O) groups excluding carboxylic acids is 1. The zero-order valence-corrected chi connectivity index (χ0v) is 11.7. The number of carbonyl (C=O) groups is 1. The second kappa shape index (κ2) is 16.1. The molecule has 0 amide bonds. The van der Waals surface area contributed by atoms with Gasteiger partial charge in [-0.2, -0.15) is 0 Å². The molecule has 0 bridgehead atoms. The monoisotopic (exact) mass is 277 g/mol. The Hall–Kier alpha value is -0.860. The molecule has 0 aromatic rings. The summed E-state index contributed by atoms with van der Waals surface area (Å²) in [5, 5.41) is 8.44. The topological polar surface area (TPSA) is 66.7 Å². The third kappa shape index (κ3) is 17.5. The van der Waals surface area contributed by atoms with Gasteiger partial charge < -0.3 is 5.11 Å². The molecule has 0 aromatic carbocycles. The average molecular weight is 278 g/mol. The SMILES string of the molecule is Cl.O=C=NCCCCCCCCCCCC(=O)O. The summed E-state index contributed by atoms with van der Waals surface area (Å²) in [7, 11) is 0. The summed E-state index contributed by atoms with van der Waals surface area (Å²) in [5.41, 5.74) is 0. The summed E-state index contributed by atoms with van der Waals surface area (Å²) in [6, 6.07) is 0. The van der Waals surface area contributed by atoms with E-state index < -0.39 is 5.97 Å². The Morgan fingerprint density at radius 2 is 1.33 bits per heavy atom. The molecule has 0 aliphatic carbocycles. The van der Waals surface area contributed by atoms with Crippen molar-refractivity contribution in [2.45, 2.75) is 64.2 Å². The first-order valence-electron chi connectivity index (χ1n) is 6.53. The number of carboxylic acids is 1. The number of isocyanates is 1. The van der Waals surface area contributed by atoms with Crippen LogP contribution < -0.4 is 0 Å². The zero-order valence-electron chi connectivity index (χ0n) is 10.9. The maximum atomic E-state index is 10.2. The van der Waals surface area contributed by atoms with Crippen LogP contribution in [0.25, 0.3) is 0 Å². The van der Waals surface area contributed by atoms with Gasteiger partial charge in [0.15, 0.2) is 0 Å². The molecule has 0 rings (SSSR count). The van der Waals surface area contributed by atoms with Gasteiger partial charge in [-0.3, -0.25) is 4.79 Å². The van der Waals surface area contributed by atoms with Gasteiger partial charge in [0.1, 0.15) is 0 Å². The first-order chi connectivity index (χ1) is 8.27. The number of halogens is 1. The number of unbranched alkanes of at least 4 members (excludes halogenated alkanes) is 8. The molecule has 0 fully saturated rings. The van der Waals surface area contributed by atoms with E-state index >= 15 is 0 Å².